The molecule has 24 heavy (non-hydrogen) atoms. The van der Waals surface area contributed by atoms with Gasteiger partial charge in [-0.05, 0) is 23.0 Å². The van der Waals surface area contributed by atoms with Crippen LogP contribution in [-0.4, -0.2) is 12.5 Å². The first-order valence-corrected chi connectivity index (χ1v) is 8.07. The summed E-state index contributed by atoms with van der Waals surface area (Å²) < 4.78 is 0. The van der Waals surface area contributed by atoms with Crippen molar-refractivity contribution in [3.8, 4) is 0 Å². The summed E-state index contributed by atoms with van der Waals surface area (Å²) in [5.41, 5.74) is 8.38. The fourth-order valence-electron chi connectivity index (χ4n) is 2.64. The van der Waals surface area contributed by atoms with Crippen molar-refractivity contribution in [3.63, 3.8) is 0 Å². The monoisotopic (exact) mass is 346 g/mol. The molecule has 0 aliphatic rings. The van der Waals surface area contributed by atoms with Crippen LogP contribution in [0.3, 0.4) is 0 Å². The lowest BCUT2D eigenvalue weighted by molar-refractivity contribution is -0.121. The Labute approximate surface area is 151 Å². The van der Waals surface area contributed by atoms with Crippen LogP contribution in [0.2, 0.25) is 0 Å². The lowest BCUT2D eigenvalue weighted by Crippen LogP contribution is -2.36. The van der Waals surface area contributed by atoms with Gasteiger partial charge in [-0.2, -0.15) is 0 Å². The molecule has 2 aromatic rings. The molecule has 0 aliphatic heterocycles. The van der Waals surface area contributed by atoms with Gasteiger partial charge >= 0.3 is 0 Å². The summed E-state index contributed by atoms with van der Waals surface area (Å²) in [6.45, 7) is 4.97. The van der Waals surface area contributed by atoms with E-state index in [-0.39, 0.29) is 29.8 Å². The Hall–Kier alpha value is -1.84. The number of hydrogen-bond donors (Lipinski definition) is 2. The van der Waals surface area contributed by atoms with Crippen LogP contribution in [0, 0.1) is 5.41 Å². The predicted molar refractivity (Wildman–Crippen MR) is 102 cm³/mol. The van der Waals surface area contributed by atoms with Crippen LogP contribution in [-0.2, 0) is 11.2 Å². The third-order valence-electron chi connectivity index (χ3n) is 3.92. The zero-order valence-electron chi connectivity index (χ0n) is 14.4. The Morgan fingerprint density at radius 3 is 2.17 bits per heavy atom. The molecule has 2 aromatic carbocycles. The zero-order chi connectivity index (χ0) is 16.7. The topological polar surface area (TPSA) is 55.1 Å². The number of amides is 1. The average molecular weight is 347 g/mol. The van der Waals surface area contributed by atoms with Crippen molar-refractivity contribution < 1.29 is 4.79 Å². The van der Waals surface area contributed by atoms with Crippen molar-refractivity contribution in [2.75, 3.05) is 6.54 Å². The number of hydrogen-bond acceptors (Lipinski definition) is 2. The van der Waals surface area contributed by atoms with Gasteiger partial charge in [-0.25, -0.2) is 0 Å². The molecule has 130 valence electrons. The van der Waals surface area contributed by atoms with Gasteiger partial charge in [0.25, 0.3) is 0 Å². The Morgan fingerprint density at radius 2 is 1.58 bits per heavy atom. The van der Waals surface area contributed by atoms with E-state index in [2.05, 4.69) is 31.3 Å². The maximum absolute atomic E-state index is 12.1. The van der Waals surface area contributed by atoms with Crippen LogP contribution in [0.5, 0.6) is 0 Å². The first kappa shape index (κ1) is 20.2. The van der Waals surface area contributed by atoms with Gasteiger partial charge in [0.2, 0.25) is 5.91 Å². The van der Waals surface area contributed by atoms with Crippen molar-refractivity contribution in [2.45, 2.75) is 32.7 Å². The lowest BCUT2D eigenvalue weighted by Gasteiger charge is -2.25. The SMILES string of the molecule is CC(C)(CNC(=O)CC(N)c1ccccc1)Cc1ccccc1.Cl. The van der Waals surface area contributed by atoms with Gasteiger partial charge in [-0.15, -0.1) is 12.4 Å². The van der Waals surface area contributed by atoms with E-state index in [1.807, 2.05) is 48.5 Å². The van der Waals surface area contributed by atoms with Gasteiger partial charge in [-0.3, -0.25) is 4.79 Å². The molecule has 3 nitrogen and oxygen atoms in total. The van der Waals surface area contributed by atoms with Gasteiger partial charge in [0.15, 0.2) is 0 Å². The van der Waals surface area contributed by atoms with Gasteiger partial charge in [0.05, 0.1) is 0 Å². The normalized spacial score (nSPS) is 12.1. The number of halogens is 1. The van der Waals surface area contributed by atoms with E-state index >= 15 is 0 Å². The van der Waals surface area contributed by atoms with E-state index in [9.17, 15) is 4.79 Å². The molecule has 0 spiro atoms. The standard InChI is InChI=1S/C20H26N2O.ClH/c1-20(2,14-16-9-5-3-6-10-16)15-22-19(23)13-18(21)17-11-7-4-8-12-17;/h3-12,18H,13-15,21H2,1-2H3,(H,22,23);1H. The third kappa shape index (κ3) is 6.73. The maximum atomic E-state index is 12.1. The average Bonchev–Trinajstić information content (AvgIpc) is 2.54. The molecule has 0 saturated heterocycles. The lowest BCUT2D eigenvalue weighted by atomic mass is 9.85. The van der Waals surface area contributed by atoms with Crippen molar-refractivity contribution in [1.29, 1.82) is 0 Å². The zero-order valence-corrected chi connectivity index (χ0v) is 15.2. The second kappa shape index (κ2) is 9.45. The van der Waals surface area contributed by atoms with Crippen LogP contribution in [0.15, 0.2) is 60.7 Å². The number of nitrogens with two attached hydrogens (primary N) is 1. The molecule has 0 fully saturated rings. The van der Waals surface area contributed by atoms with Crippen molar-refractivity contribution in [3.05, 3.63) is 71.8 Å². The van der Waals surface area contributed by atoms with Crippen LogP contribution in [0.4, 0.5) is 0 Å². The summed E-state index contributed by atoms with van der Waals surface area (Å²) in [5.74, 6) is 0.00231. The molecule has 3 N–H and O–H groups in total. The van der Waals surface area contributed by atoms with E-state index in [0.29, 0.717) is 13.0 Å². The molecule has 0 bridgehead atoms. The molecule has 1 atom stereocenters. The Balaban J connectivity index is 0.00000288. The first-order valence-electron chi connectivity index (χ1n) is 8.07. The molecule has 0 radical (unpaired) electrons. The second-order valence-corrected chi connectivity index (χ2v) is 6.82. The molecule has 0 heterocycles. The summed E-state index contributed by atoms with van der Waals surface area (Å²) in [6, 6.07) is 19.8. The Bertz CT molecular complexity index is 614. The highest BCUT2D eigenvalue weighted by Crippen LogP contribution is 2.21. The maximum Gasteiger partial charge on any atom is 0.221 e. The molecule has 4 heteroatoms. The predicted octanol–water partition coefficient (Wildman–Crippen LogP) is 3.88. The Morgan fingerprint density at radius 1 is 1.04 bits per heavy atom. The molecule has 0 saturated carbocycles. The van der Waals surface area contributed by atoms with E-state index in [0.717, 1.165) is 12.0 Å². The van der Waals surface area contributed by atoms with E-state index in [1.54, 1.807) is 0 Å². The number of benzene rings is 2. The van der Waals surface area contributed by atoms with Crippen LogP contribution < -0.4 is 11.1 Å². The number of carbonyl (C=O) groups is 1. The van der Waals surface area contributed by atoms with E-state index < -0.39 is 0 Å². The van der Waals surface area contributed by atoms with Crippen LogP contribution in [0.25, 0.3) is 0 Å². The molecule has 0 aromatic heterocycles. The van der Waals surface area contributed by atoms with E-state index in [1.165, 1.54) is 5.56 Å². The third-order valence-corrected chi connectivity index (χ3v) is 3.92. The smallest absolute Gasteiger partial charge is 0.221 e. The van der Waals surface area contributed by atoms with Gasteiger partial charge in [0, 0.05) is 19.0 Å². The highest BCUT2D eigenvalue weighted by molar-refractivity contribution is 5.85. The number of rotatable bonds is 7. The highest BCUT2D eigenvalue weighted by Gasteiger charge is 2.20. The summed E-state index contributed by atoms with van der Waals surface area (Å²) in [5, 5.41) is 3.02. The summed E-state index contributed by atoms with van der Waals surface area (Å²) in [6.07, 6.45) is 1.24. The molecule has 2 rings (SSSR count). The minimum absolute atomic E-state index is 0. The summed E-state index contributed by atoms with van der Waals surface area (Å²) in [4.78, 5) is 12.1. The van der Waals surface area contributed by atoms with Crippen molar-refractivity contribution in [2.24, 2.45) is 11.1 Å². The largest absolute Gasteiger partial charge is 0.355 e. The molecule has 1 amide bonds. The quantitative estimate of drug-likeness (QED) is 0.799. The van der Waals surface area contributed by atoms with Crippen LogP contribution in [0.1, 0.15) is 37.4 Å². The Kier molecular flexibility index (Phi) is 7.96. The van der Waals surface area contributed by atoms with Crippen molar-refractivity contribution in [1.82, 2.24) is 5.32 Å². The van der Waals surface area contributed by atoms with Crippen LogP contribution >= 0.6 is 12.4 Å². The first-order chi connectivity index (χ1) is 11.0. The minimum Gasteiger partial charge on any atom is -0.355 e. The molecule has 0 aliphatic carbocycles. The molecular weight excluding hydrogens is 320 g/mol. The van der Waals surface area contributed by atoms with E-state index in [4.69, 9.17) is 5.73 Å². The fraction of sp³-hybridized carbons (Fsp3) is 0.350. The minimum atomic E-state index is -0.256. The molecular formula is C20H27ClN2O. The second-order valence-electron chi connectivity index (χ2n) is 6.82. The van der Waals surface area contributed by atoms with Gasteiger partial charge in [0.1, 0.15) is 0 Å². The fourth-order valence-corrected chi connectivity index (χ4v) is 2.64. The van der Waals surface area contributed by atoms with Gasteiger partial charge in [-0.1, -0.05) is 74.5 Å². The summed E-state index contributed by atoms with van der Waals surface area (Å²) in [7, 11) is 0. The molecule has 1 unspecified atom stereocenters. The van der Waals surface area contributed by atoms with Crippen molar-refractivity contribution >= 4 is 18.3 Å². The summed E-state index contributed by atoms with van der Waals surface area (Å²) >= 11 is 0. The number of nitrogens with one attached hydrogen (secondary N) is 1. The number of carbonyl (C=O) groups excluding carboxylic acids is 1. The van der Waals surface area contributed by atoms with Gasteiger partial charge < -0.3 is 11.1 Å². The highest BCUT2D eigenvalue weighted by atomic mass is 35.5.